The van der Waals surface area contributed by atoms with E-state index in [4.69, 9.17) is 16.3 Å². The van der Waals surface area contributed by atoms with Crippen molar-refractivity contribution in [2.75, 3.05) is 6.61 Å². The average Bonchev–Trinajstić information content (AvgIpc) is 3.09. The van der Waals surface area contributed by atoms with Gasteiger partial charge >= 0.3 is 0 Å². The first-order valence-corrected chi connectivity index (χ1v) is 9.79. The first kappa shape index (κ1) is 17.8. The molecule has 2 aromatic carbocycles. The normalized spacial score (nSPS) is 11.0. The van der Waals surface area contributed by atoms with Crippen LogP contribution in [-0.2, 0) is 6.54 Å². The van der Waals surface area contributed by atoms with Gasteiger partial charge in [-0.05, 0) is 30.7 Å². The molecular formula is C21H17ClN2O2S. The average molecular weight is 397 g/mol. The second kappa shape index (κ2) is 7.55. The number of thiophene rings is 1. The van der Waals surface area contributed by atoms with E-state index in [0.717, 1.165) is 16.0 Å². The minimum atomic E-state index is -0.0495. The summed E-state index contributed by atoms with van der Waals surface area (Å²) in [5, 5.41) is 3.28. The van der Waals surface area contributed by atoms with E-state index in [-0.39, 0.29) is 5.56 Å². The summed E-state index contributed by atoms with van der Waals surface area (Å²) in [6, 6.07) is 15.4. The van der Waals surface area contributed by atoms with Crippen molar-refractivity contribution < 1.29 is 4.74 Å². The standard InChI is InChI=1S/C21H17ClN2O2S/c1-14-5-7-15(8-6-14)18-12-27-20-19(18)21(25)24(13-23-20)9-10-26-17-4-2-3-16(22)11-17/h2-8,11-13H,9-10H2,1H3. The van der Waals surface area contributed by atoms with Crippen molar-refractivity contribution >= 4 is 33.2 Å². The van der Waals surface area contributed by atoms with E-state index in [2.05, 4.69) is 4.98 Å². The Bertz CT molecular complexity index is 1150. The fraction of sp³-hybridized carbons (Fsp3) is 0.143. The van der Waals surface area contributed by atoms with Gasteiger partial charge in [0, 0.05) is 16.0 Å². The Hall–Kier alpha value is -2.63. The van der Waals surface area contributed by atoms with Crippen molar-refractivity contribution in [2.45, 2.75) is 13.5 Å². The molecule has 0 spiro atoms. The van der Waals surface area contributed by atoms with Gasteiger partial charge in [0.05, 0.1) is 18.3 Å². The summed E-state index contributed by atoms with van der Waals surface area (Å²) in [6.45, 7) is 2.82. The van der Waals surface area contributed by atoms with Crippen molar-refractivity contribution in [1.82, 2.24) is 9.55 Å². The molecular weight excluding hydrogens is 380 g/mol. The van der Waals surface area contributed by atoms with Gasteiger partial charge in [0.2, 0.25) is 0 Å². The molecule has 0 saturated carbocycles. The third-order valence-corrected chi connectivity index (χ3v) is 5.44. The largest absolute Gasteiger partial charge is 0.492 e. The minimum Gasteiger partial charge on any atom is -0.492 e. The molecule has 136 valence electrons. The van der Waals surface area contributed by atoms with Crippen LogP contribution in [0.3, 0.4) is 0 Å². The Labute approximate surface area is 165 Å². The van der Waals surface area contributed by atoms with Crippen molar-refractivity contribution in [3.8, 4) is 16.9 Å². The molecule has 0 bridgehead atoms. The zero-order valence-electron chi connectivity index (χ0n) is 14.7. The summed E-state index contributed by atoms with van der Waals surface area (Å²) in [5.41, 5.74) is 3.09. The summed E-state index contributed by atoms with van der Waals surface area (Å²) in [6.07, 6.45) is 1.58. The topological polar surface area (TPSA) is 44.1 Å². The lowest BCUT2D eigenvalue weighted by Gasteiger charge is -2.09. The first-order valence-electron chi connectivity index (χ1n) is 8.54. The molecule has 4 aromatic rings. The highest BCUT2D eigenvalue weighted by molar-refractivity contribution is 7.17. The number of benzene rings is 2. The molecule has 0 amide bonds. The van der Waals surface area contributed by atoms with Crippen LogP contribution in [0.5, 0.6) is 5.75 Å². The number of ether oxygens (including phenoxy) is 1. The van der Waals surface area contributed by atoms with Gasteiger partial charge in [-0.1, -0.05) is 47.5 Å². The molecule has 0 fully saturated rings. The lowest BCUT2D eigenvalue weighted by atomic mass is 10.1. The molecule has 0 saturated heterocycles. The minimum absolute atomic E-state index is 0.0495. The molecule has 4 nitrogen and oxygen atoms in total. The van der Waals surface area contributed by atoms with Crippen LogP contribution in [0.25, 0.3) is 21.3 Å². The number of aromatic nitrogens is 2. The Morgan fingerprint density at radius 3 is 2.78 bits per heavy atom. The fourth-order valence-electron chi connectivity index (χ4n) is 2.89. The molecule has 2 aromatic heterocycles. The molecule has 0 unspecified atom stereocenters. The molecule has 0 aliphatic rings. The van der Waals surface area contributed by atoms with Crippen LogP contribution in [0.4, 0.5) is 0 Å². The number of hydrogen-bond acceptors (Lipinski definition) is 4. The van der Waals surface area contributed by atoms with Crippen LogP contribution in [0.15, 0.2) is 65.0 Å². The number of halogens is 1. The maximum atomic E-state index is 13.0. The van der Waals surface area contributed by atoms with Gasteiger partial charge < -0.3 is 4.74 Å². The predicted molar refractivity (Wildman–Crippen MR) is 111 cm³/mol. The van der Waals surface area contributed by atoms with Crippen LogP contribution >= 0.6 is 22.9 Å². The van der Waals surface area contributed by atoms with E-state index in [1.54, 1.807) is 23.0 Å². The van der Waals surface area contributed by atoms with Crippen LogP contribution in [0.2, 0.25) is 5.02 Å². The second-order valence-corrected chi connectivity index (χ2v) is 7.54. The molecule has 2 heterocycles. The Morgan fingerprint density at radius 2 is 2.00 bits per heavy atom. The molecule has 0 aliphatic carbocycles. The Balaban J connectivity index is 1.60. The summed E-state index contributed by atoms with van der Waals surface area (Å²) in [5.74, 6) is 0.681. The highest BCUT2D eigenvalue weighted by Crippen LogP contribution is 2.30. The quantitative estimate of drug-likeness (QED) is 0.467. The zero-order valence-corrected chi connectivity index (χ0v) is 16.3. The molecule has 0 N–H and O–H groups in total. The molecule has 0 radical (unpaired) electrons. The van der Waals surface area contributed by atoms with E-state index in [9.17, 15) is 4.79 Å². The number of rotatable bonds is 5. The monoisotopic (exact) mass is 396 g/mol. The van der Waals surface area contributed by atoms with Gasteiger partial charge in [0.1, 0.15) is 17.2 Å². The summed E-state index contributed by atoms with van der Waals surface area (Å²) in [4.78, 5) is 18.2. The van der Waals surface area contributed by atoms with Crippen molar-refractivity contribution in [1.29, 1.82) is 0 Å². The van der Waals surface area contributed by atoms with Crippen molar-refractivity contribution in [2.24, 2.45) is 0 Å². The number of aryl methyl sites for hydroxylation is 1. The van der Waals surface area contributed by atoms with E-state index in [1.165, 1.54) is 16.9 Å². The van der Waals surface area contributed by atoms with Crippen molar-refractivity contribution in [3.63, 3.8) is 0 Å². The highest BCUT2D eigenvalue weighted by Gasteiger charge is 2.13. The van der Waals surface area contributed by atoms with Crippen LogP contribution < -0.4 is 10.3 Å². The molecule has 0 atom stereocenters. The van der Waals surface area contributed by atoms with Gasteiger partial charge in [0.15, 0.2) is 0 Å². The van der Waals surface area contributed by atoms with Crippen molar-refractivity contribution in [3.05, 3.63) is 81.2 Å². The fourth-order valence-corrected chi connectivity index (χ4v) is 3.98. The van der Waals surface area contributed by atoms with Gasteiger partial charge in [0.25, 0.3) is 5.56 Å². The van der Waals surface area contributed by atoms with Gasteiger partial charge in [-0.15, -0.1) is 11.3 Å². The van der Waals surface area contributed by atoms with E-state index in [0.29, 0.717) is 29.3 Å². The molecule has 27 heavy (non-hydrogen) atoms. The third-order valence-electron chi connectivity index (χ3n) is 4.32. The first-order chi connectivity index (χ1) is 13.1. The molecule has 6 heteroatoms. The lowest BCUT2D eigenvalue weighted by molar-refractivity contribution is 0.296. The van der Waals surface area contributed by atoms with E-state index < -0.39 is 0 Å². The number of hydrogen-bond donors (Lipinski definition) is 0. The van der Waals surface area contributed by atoms with E-state index in [1.807, 2.05) is 48.7 Å². The predicted octanol–water partition coefficient (Wildman–Crippen LogP) is 5.17. The van der Waals surface area contributed by atoms with Crippen LogP contribution in [0.1, 0.15) is 5.56 Å². The van der Waals surface area contributed by atoms with Gasteiger partial charge in [-0.25, -0.2) is 4.98 Å². The van der Waals surface area contributed by atoms with Gasteiger partial charge in [-0.2, -0.15) is 0 Å². The summed E-state index contributed by atoms with van der Waals surface area (Å²) in [7, 11) is 0. The summed E-state index contributed by atoms with van der Waals surface area (Å²) >= 11 is 7.45. The maximum absolute atomic E-state index is 13.0. The van der Waals surface area contributed by atoms with Crippen LogP contribution in [-0.4, -0.2) is 16.2 Å². The van der Waals surface area contributed by atoms with Gasteiger partial charge in [-0.3, -0.25) is 9.36 Å². The number of nitrogens with zero attached hydrogens (tertiary/aromatic N) is 2. The molecule has 0 aliphatic heterocycles. The maximum Gasteiger partial charge on any atom is 0.262 e. The van der Waals surface area contributed by atoms with E-state index >= 15 is 0 Å². The smallest absolute Gasteiger partial charge is 0.262 e. The van der Waals surface area contributed by atoms with Crippen LogP contribution in [0, 0.1) is 6.92 Å². The zero-order chi connectivity index (χ0) is 18.8. The third kappa shape index (κ3) is 3.75. The molecule has 4 rings (SSSR count). The lowest BCUT2D eigenvalue weighted by Crippen LogP contribution is -2.23. The SMILES string of the molecule is Cc1ccc(-c2csc3ncn(CCOc4cccc(Cl)c4)c(=O)c23)cc1. The highest BCUT2D eigenvalue weighted by atomic mass is 35.5. The number of fused-ring (bicyclic) bond motifs is 1. The second-order valence-electron chi connectivity index (χ2n) is 6.24. The summed E-state index contributed by atoms with van der Waals surface area (Å²) < 4.78 is 7.29. The Morgan fingerprint density at radius 1 is 1.19 bits per heavy atom. The Kier molecular flexibility index (Phi) is 4.97.